The number of nitrogens with zero attached hydrogens (tertiary/aromatic N) is 2. The van der Waals surface area contributed by atoms with Crippen LogP contribution < -0.4 is 10.6 Å². The van der Waals surface area contributed by atoms with Crippen molar-refractivity contribution in [3.05, 3.63) is 90.3 Å². The lowest BCUT2D eigenvalue weighted by atomic mass is 10.1. The van der Waals surface area contributed by atoms with Crippen molar-refractivity contribution in [2.45, 2.75) is 13.3 Å². The lowest BCUT2D eigenvalue weighted by Gasteiger charge is -2.10. The molecule has 0 aliphatic rings. The number of carbonyl (C=O) groups excluding carboxylic acids is 1. The Labute approximate surface area is 163 Å². The molecule has 0 unspecified atom stereocenters. The summed E-state index contributed by atoms with van der Waals surface area (Å²) in [6.07, 6.45) is 4.35. The fourth-order valence-corrected chi connectivity index (χ4v) is 3.01. The third-order valence-corrected chi connectivity index (χ3v) is 4.54. The number of rotatable bonds is 5. The van der Waals surface area contributed by atoms with Gasteiger partial charge in [-0.2, -0.15) is 0 Å². The van der Waals surface area contributed by atoms with Crippen molar-refractivity contribution in [1.82, 2.24) is 9.97 Å². The number of hydrogen-bond donors (Lipinski definition) is 2. The standard InChI is InChI=1S/C23H20N4O/c1-2-16-8-10-19(11-9-16)26-23(28)18-12-14-24-21(15-18)27-20-7-3-5-17-6-4-13-25-22(17)20/h3-15H,2H2,1H3,(H,24,27)(H,26,28). The quantitative estimate of drug-likeness (QED) is 0.509. The van der Waals surface area contributed by atoms with Gasteiger partial charge in [0.25, 0.3) is 5.91 Å². The van der Waals surface area contributed by atoms with E-state index in [0.717, 1.165) is 28.7 Å². The highest BCUT2D eigenvalue weighted by molar-refractivity contribution is 6.04. The van der Waals surface area contributed by atoms with Gasteiger partial charge >= 0.3 is 0 Å². The zero-order valence-corrected chi connectivity index (χ0v) is 15.5. The second-order valence-electron chi connectivity index (χ2n) is 6.44. The molecule has 0 bridgehead atoms. The highest BCUT2D eigenvalue weighted by Crippen LogP contribution is 2.24. The molecule has 2 heterocycles. The Balaban J connectivity index is 1.54. The fourth-order valence-electron chi connectivity index (χ4n) is 3.01. The van der Waals surface area contributed by atoms with Gasteiger partial charge in [-0.25, -0.2) is 4.98 Å². The molecule has 0 spiro atoms. The molecule has 0 aliphatic heterocycles. The lowest BCUT2D eigenvalue weighted by Crippen LogP contribution is -2.12. The van der Waals surface area contributed by atoms with Crippen molar-refractivity contribution in [3.8, 4) is 0 Å². The maximum absolute atomic E-state index is 12.6. The van der Waals surface area contributed by atoms with Gasteiger partial charge in [-0.15, -0.1) is 0 Å². The van der Waals surface area contributed by atoms with Crippen molar-refractivity contribution in [2.75, 3.05) is 10.6 Å². The number of para-hydroxylation sites is 1. The first-order chi connectivity index (χ1) is 13.7. The van der Waals surface area contributed by atoms with Crippen molar-refractivity contribution in [1.29, 1.82) is 0 Å². The van der Waals surface area contributed by atoms with Crippen molar-refractivity contribution >= 4 is 34.0 Å². The van der Waals surface area contributed by atoms with Crippen LogP contribution in [0.2, 0.25) is 0 Å². The number of aromatic nitrogens is 2. The van der Waals surface area contributed by atoms with Crippen LogP contribution in [0.1, 0.15) is 22.8 Å². The third-order valence-electron chi connectivity index (χ3n) is 4.54. The van der Waals surface area contributed by atoms with Gasteiger partial charge in [0, 0.05) is 29.0 Å². The zero-order chi connectivity index (χ0) is 19.3. The number of aryl methyl sites for hydroxylation is 1. The number of amides is 1. The maximum atomic E-state index is 12.6. The van der Waals surface area contributed by atoms with E-state index in [2.05, 4.69) is 27.5 Å². The van der Waals surface area contributed by atoms with E-state index in [9.17, 15) is 4.79 Å². The zero-order valence-electron chi connectivity index (χ0n) is 15.5. The van der Waals surface area contributed by atoms with Gasteiger partial charge in [0.1, 0.15) is 5.82 Å². The molecule has 0 fully saturated rings. The summed E-state index contributed by atoms with van der Waals surface area (Å²) in [5, 5.41) is 7.23. The monoisotopic (exact) mass is 368 g/mol. The molecule has 4 rings (SSSR count). The minimum atomic E-state index is -0.175. The first kappa shape index (κ1) is 17.7. The lowest BCUT2D eigenvalue weighted by molar-refractivity contribution is 0.102. The van der Waals surface area contributed by atoms with Gasteiger partial charge < -0.3 is 10.6 Å². The Morgan fingerprint density at radius 1 is 0.929 bits per heavy atom. The summed E-state index contributed by atoms with van der Waals surface area (Å²) >= 11 is 0. The number of hydrogen-bond acceptors (Lipinski definition) is 4. The van der Waals surface area contributed by atoms with E-state index in [1.807, 2.05) is 54.6 Å². The van der Waals surface area contributed by atoms with Crippen LogP contribution in [0.3, 0.4) is 0 Å². The largest absolute Gasteiger partial charge is 0.338 e. The van der Waals surface area contributed by atoms with Gasteiger partial charge in [-0.3, -0.25) is 9.78 Å². The summed E-state index contributed by atoms with van der Waals surface area (Å²) in [6, 6.07) is 21.1. The Kier molecular flexibility index (Phi) is 4.97. The smallest absolute Gasteiger partial charge is 0.255 e. The van der Waals surface area contributed by atoms with Crippen LogP contribution in [-0.2, 0) is 6.42 Å². The number of carbonyl (C=O) groups is 1. The molecule has 0 saturated heterocycles. The average Bonchev–Trinajstić information content (AvgIpc) is 2.75. The average molecular weight is 368 g/mol. The number of nitrogens with one attached hydrogen (secondary N) is 2. The van der Waals surface area contributed by atoms with Crippen molar-refractivity contribution < 1.29 is 4.79 Å². The molecule has 138 valence electrons. The molecule has 28 heavy (non-hydrogen) atoms. The van der Waals surface area contributed by atoms with E-state index in [0.29, 0.717) is 11.4 Å². The number of benzene rings is 2. The maximum Gasteiger partial charge on any atom is 0.255 e. The topological polar surface area (TPSA) is 66.9 Å². The summed E-state index contributed by atoms with van der Waals surface area (Å²) in [5.41, 5.74) is 4.24. The van der Waals surface area contributed by atoms with E-state index < -0.39 is 0 Å². The molecule has 2 aromatic heterocycles. The predicted molar refractivity (Wildman–Crippen MR) is 113 cm³/mol. The molecule has 0 radical (unpaired) electrons. The van der Waals surface area contributed by atoms with Crippen LogP contribution in [0.5, 0.6) is 0 Å². The Bertz CT molecular complexity index is 1120. The minimum Gasteiger partial charge on any atom is -0.338 e. The molecular weight excluding hydrogens is 348 g/mol. The Hall–Kier alpha value is -3.73. The molecule has 2 N–H and O–H groups in total. The van der Waals surface area contributed by atoms with Crippen LogP contribution in [0, 0.1) is 0 Å². The second kappa shape index (κ2) is 7.88. The van der Waals surface area contributed by atoms with Crippen LogP contribution >= 0.6 is 0 Å². The highest BCUT2D eigenvalue weighted by atomic mass is 16.1. The SMILES string of the molecule is CCc1ccc(NC(=O)c2ccnc(Nc3cccc4cccnc34)c2)cc1. The summed E-state index contributed by atoms with van der Waals surface area (Å²) in [7, 11) is 0. The first-order valence-electron chi connectivity index (χ1n) is 9.20. The van der Waals surface area contributed by atoms with Crippen LogP contribution in [0.15, 0.2) is 79.1 Å². The van der Waals surface area contributed by atoms with Crippen LogP contribution in [0.4, 0.5) is 17.2 Å². The summed E-state index contributed by atoms with van der Waals surface area (Å²) in [4.78, 5) is 21.4. The Morgan fingerprint density at radius 2 is 1.75 bits per heavy atom. The van der Waals surface area contributed by atoms with Gasteiger partial charge in [0.15, 0.2) is 0 Å². The van der Waals surface area contributed by atoms with E-state index in [-0.39, 0.29) is 5.91 Å². The summed E-state index contributed by atoms with van der Waals surface area (Å²) in [5.74, 6) is 0.415. The van der Waals surface area contributed by atoms with Gasteiger partial charge in [0.05, 0.1) is 11.2 Å². The molecule has 0 aliphatic carbocycles. The van der Waals surface area contributed by atoms with Gasteiger partial charge in [-0.05, 0) is 48.4 Å². The van der Waals surface area contributed by atoms with Crippen molar-refractivity contribution in [3.63, 3.8) is 0 Å². The van der Waals surface area contributed by atoms with Crippen molar-refractivity contribution in [2.24, 2.45) is 0 Å². The summed E-state index contributed by atoms with van der Waals surface area (Å²) < 4.78 is 0. The van der Waals surface area contributed by atoms with Crippen LogP contribution in [-0.4, -0.2) is 15.9 Å². The summed E-state index contributed by atoms with van der Waals surface area (Å²) in [6.45, 7) is 2.10. The molecule has 0 atom stereocenters. The van der Waals surface area contributed by atoms with E-state index in [1.165, 1.54) is 5.56 Å². The van der Waals surface area contributed by atoms with E-state index in [1.54, 1.807) is 24.5 Å². The normalized spacial score (nSPS) is 10.6. The first-order valence-corrected chi connectivity index (χ1v) is 9.20. The van der Waals surface area contributed by atoms with Crippen LogP contribution in [0.25, 0.3) is 10.9 Å². The Morgan fingerprint density at radius 3 is 2.57 bits per heavy atom. The molecule has 4 aromatic rings. The molecule has 0 saturated carbocycles. The molecule has 5 nitrogen and oxygen atoms in total. The van der Waals surface area contributed by atoms with E-state index in [4.69, 9.17) is 0 Å². The predicted octanol–water partition coefficient (Wildman–Crippen LogP) is 5.19. The highest BCUT2D eigenvalue weighted by Gasteiger charge is 2.09. The van der Waals surface area contributed by atoms with Gasteiger partial charge in [0.2, 0.25) is 0 Å². The van der Waals surface area contributed by atoms with E-state index >= 15 is 0 Å². The second-order valence-corrected chi connectivity index (χ2v) is 6.44. The fraction of sp³-hybridized carbons (Fsp3) is 0.0870. The van der Waals surface area contributed by atoms with Gasteiger partial charge in [-0.1, -0.05) is 37.3 Å². The number of anilines is 3. The third kappa shape index (κ3) is 3.83. The minimum absolute atomic E-state index is 0.175. The molecule has 1 amide bonds. The molecular formula is C23H20N4O. The molecule has 5 heteroatoms. The molecule has 2 aromatic carbocycles. The number of pyridine rings is 2. The number of fused-ring (bicyclic) bond motifs is 1.